The molecule has 1 aromatic heterocycles. The summed E-state index contributed by atoms with van der Waals surface area (Å²) in [5, 5.41) is 2.77. The van der Waals surface area contributed by atoms with E-state index in [4.69, 9.17) is 0 Å². The van der Waals surface area contributed by atoms with Gasteiger partial charge >= 0.3 is 0 Å². The summed E-state index contributed by atoms with van der Waals surface area (Å²) in [4.78, 5) is 32.6. The van der Waals surface area contributed by atoms with E-state index in [1.165, 1.54) is 0 Å². The molecule has 1 aliphatic heterocycles. The zero-order valence-electron chi connectivity index (χ0n) is 14.7. The normalized spacial score (nSPS) is 16.1. The lowest BCUT2D eigenvalue weighted by atomic mass is 9.84. The number of carbonyl (C=O) groups excluding carboxylic acids is 1. The summed E-state index contributed by atoms with van der Waals surface area (Å²) in [6, 6.07) is 15.5. The van der Waals surface area contributed by atoms with Gasteiger partial charge in [-0.1, -0.05) is 54.1 Å². The van der Waals surface area contributed by atoms with Crippen LogP contribution in [-0.4, -0.2) is 15.9 Å². The number of carbonyl (C=O) groups is 1. The number of nitrogens with one attached hydrogen (secondary N) is 2. The molecule has 130 valence electrons. The average Bonchev–Trinajstić information content (AvgIpc) is 2.61. The van der Waals surface area contributed by atoms with E-state index in [1.54, 1.807) is 0 Å². The molecule has 2 N–H and O–H groups in total. The van der Waals surface area contributed by atoms with E-state index >= 15 is 0 Å². The summed E-state index contributed by atoms with van der Waals surface area (Å²) in [5.74, 6) is 0.393. The highest BCUT2D eigenvalue weighted by Gasteiger charge is 2.31. The standard InChI is InChI=1S/C21H19N3O2/c1-12-8-9-15(13(2)10-12)16-11-17(25)22-20-18(16)21(26)24-19(23-20)14-6-4-3-5-7-14/h3-10,16H,11H2,1-2H3,(H2,22,23,24,25,26)/t16-/m0/s1. The van der Waals surface area contributed by atoms with Crippen molar-refractivity contribution in [2.75, 3.05) is 5.32 Å². The summed E-state index contributed by atoms with van der Waals surface area (Å²) in [5.41, 5.74) is 4.33. The van der Waals surface area contributed by atoms with Crippen LogP contribution in [0.4, 0.5) is 5.82 Å². The first-order valence-electron chi connectivity index (χ1n) is 8.59. The first-order chi connectivity index (χ1) is 12.5. The molecule has 0 bridgehead atoms. The summed E-state index contributed by atoms with van der Waals surface area (Å²) in [6.45, 7) is 4.03. The second-order valence-electron chi connectivity index (χ2n) is 6.71. The lowest BCUT2D eigenvalue weighted by molar-refractivity contribution is -0.116. The molecule has 2 aromatic carbocycles. The first-order valence-corrected chi connectivity index (χ1v) is 8.59. The van der Waals surface area contributed by atoms with Crippen molar-refractivity contribution >= 4 is 11.7 Å². The third kappa shape index (κ3) is 2.81. The summed E-state index contributed by atoms with van der Waals surface area (Å²) < 4.78 is 0. The SMILES string of the molecule is Cc1ccc([C@@H]2CC(=O)Nc3nc(-c4ccccc4)[nH]c(=O)c32)c(C)c1. The number of aryl methyl sites for hydroxylation is 2. The van der Waals surface area contributed by atoms with Crippen LogP contribution in [0.15, 0.2) is 53.3 Å². The summed E-state index contributed by atoms with van der Waals surface area (Å²) in [6.07, 6.45) is 0.242. The Labute approximate surface area is 151 Å². The highest BCUT2D eigenvalue weighted by molar-refractivity contribution is 5.94. The molecule has 0 radical (unpaired) electrons. The van der Waals surface area contributed by atoms with Gasteiger partial charge in [-0.3, -0.25) is 9.59 Å². The number of aromatic nitrogens is 2. The van der Waals surface area contributed by atoms with Gasteiger partial charge in [-0.15, -0.1) is 0 Å². The lowest BCUT2D eigenvalue weighted by Crippen LogP contribution is -2.31. The minimum absolute atomic E-state index is 0.125. The summed E-state index contributed by atoms with van der Waals surface area (Å²) >= 11 is 0. The third-order valence-corrected chi connectivity index (χ3v) is 4.80. The Morgan fingerprint density at radius 2 is 1.81 bits per heavy atom. The zero-order valence-corrected chi connectivity index (χ0v) is 14.7. The Morgan fingerprint density at radius 1 is 1.04 bits per heavy atom. The zero-order chi connectivity index (χ0) is 18.3. The number of aromatic amines is 1. The molecular weight excluding hydrogens is 326 g/mol. The maximum atomic E-state index is 12.9. The Hall–Kier alpha value is -3.21. The summed E-state index contributed by atoms with van der Waals surface area (Å²) in [7, 11) is 0. The van der Waals surface area contributed by atoms with Crippen LogP contribution in [0.3, 0.4) is 0 Å². The molecule has 3 aromatic rings. The average molecular weight is 345 g/mol. The van der Waals surface area contributed by atoms with E-state index in [2.05, 4.69) is 21.4 Å². The van der Waals surface area contributed by atoms with Gasteiger partial charge in [-0.05, 0) is 25.0 Å². The first kappa shape index (κ1) is 16.3. The fourth-order valence-electron chi connectivity index (χ4n) is 3.59. The van der Waals surface area contributed by atoms with Crippen molar-refractivity contribution in [2.45, 2.75) is 26.2 Å². The van der Waals surface area contributed by atoms with Gasteiger partial charge in [0, 0.05) is 17.9 Å². The number of nitrogens with zero attached hydrogens (tertiary/aromatic N) is 1. The smallest absolute Gasteiger partial charge is 0.257 e. The van der Waals surface area contributed by atoms with E-state index in [9.17, 15) is 9.59 Å². The molecule has 2 heterocycles. The fourth-order valence-corrected chi connectivity index (χ4v) is 3.59. The van der Waals surface area contributed by atoms with Crippen molar-refractivity contribution < 1.29 is 4.79 Å². The van der Waals surface area contributed by atoms with E-state index in [1.807, 2.05) is 56.3 Å². The molecule has 0 spiro atoms. The molecule has 1 aliphatic rings. The van der Waals surface area contributed by atoms with Gasteiger partial charge in [0.2, 0.25) is 5.91 Å². The topological polar surface area (TPSA) is 74.8 Å². The van der Waals surface area contributed by atoms with Crippen LogP contribution in [0, 0.1) is 13.8 Å². The van der Waals surface area contributed by atoms with Crippen molar-refractivity contribution in [3.63, 3.8) is 0 Å². The molecule has 1 amide bonds. The quantitative estimate of drug-likeness (QED) is 0.746. The van der Waals surface area contributed by atoms with Gasteiger partial charge in [-0.2, -0.15) is 0 Å². The molecule has 0 saturated heterocycles. The second kappa shape index (κ2) is 6.26. The van der Waals surface area contributed by atoms with Crippen LogP contribution in [0.5, 0.6) is 0 Å². The molecule has 0 aliphatic carbocycles. The van der Waals surface area contributed by atoms with Crippen molar-refractivity contribution in [3.05, 3.63) is 81.1 Å². The number of benzene rings is 2. The fraction of sp³-hybridized carbons (Fsp3) is 0.190. The Bertz CT molecular complexity index is 1050. The van der Waals surface area contributed by atoms with E-state index in [0.717, 1.165) is 22.3 Å². The van der Waals surface area contributed by atoms with Crippen LogP contribution in [-0.2, 0) is 4.79 Å². The second-order valence-corrected chi connectivity index (χ2v) is 6.71. The maximum Gasteiger partial charge on any atom is 0.257 e. The van der Waals surface area contributed by atoms with E-state index in [0.29, 0.717) is 17.2 Å². The number of rotatable bonds is 2. The van der Waals surface area contributed by atoms with Crippen LogP contribution < -0.4 is 10.9 Å². The number of amides is 1. The third-order valence-electron chi connectivity index (χ3n) is 4.80. The van der Waals surface area contributed by atoms with E-state index < -0.39 is 0 Å². The monoisotopic (exact) mass is 345 g/mol. The number of hydrogen-bond acceptors (Lipinski definition) is 3. The molecule has 4 rings (SSSR count). The van der Waals surface area contributed by atoms with Crippen molar-refractivity contribution in [3.8, 4) is 11.4 Å². The number of anilines is 1. The number of fused-ring (bicyclic) bond motifs is 1. The minimum atomic E-state index is -0.291. The van der Waals surface area contributed by atoms with Crippen LogP contribution >= 0.6 is 0 Å². The van der Waals surface area contributed by atoms with E-state index in [-0.39, 0.29) is 23.8 Å². The lowest BCUT2D eigenvalue weighted by Gasteiger charge is -2.26. The molecule has 5 heteroatoms. The Balaban J connectivity index is 1.88. The van der Waals surface area contributed by atoms with Gasteiger partial charge in [0.15, 0.2) is 0 Å². The predicted molar refractivity (Wildman–Crippen MR) is 101 cm³/mol. The number of H-pyrrole nitrogens is 1. The molecule has 5 nitrogen and oxygen atoms in total. The highest BCUT2D eigenvalue weighted by atomic mass is 16.2. The van der Waals surface area contributed by atoms with Crippen molar-refractivity contribution in [1.29, 1.82) is 0 Å². The molecular formula is C21H19N3O2. The van der Waals surface area contributed by atoms with Gasteiger partial charge in [0.25, 0.3) is 5.56 Å². The Kier molecular flexibility index (Phi) is 3.92. The predicted octanol–water partition coefficient (Wildman–Crippen LogP) is 3.53. The van der Waals surface area contributed by atoms with Crippen LogP contribution in [0.1, 0.15) is 34.6 Å². The van der Waals surface area contributed by atoms with Crippen LogP contribution in [0.25, 0.3) is 11.4 Å². The largest absolute Gasteiger partial charge is 0.310 e. The maximum absolute atomic E-state index is 12.9. The molecule has 0 saturated carbocycles. The van der Waals surface area contributed by atoms with Gasteiger partial charge < -0.3 is 10.3 Å². The molecule has 0 unspecified atom stereocenters. The molecule has 26 heavy (non-hydrogen) atoms. The highest BCUT2D eigenvalue weighted by Crippen LogP contribution is 2.36. The van der Waals surface area contributed by atoms with Gasteiger partial charge in [0.05, 0.1) is 5.56 Å². The minimum Gasteiger partial charge on any atom is -0.310 e. The molecule has 0 fully saturated rings. The van der Waals surface area contributed by atoms with Crippen molar-refractivity contribution in [2.24, 2.45) is 0 Å². The van der Waals surface area contributed by atoms with Crippen LogP contribution in [0.2, 0.25) is 0 Å². The number of hydrogen-bond donors (Lipinski definition) is 2. The van der Waals surface area contributed by atoms with Crippen molar-refractivity contribution in [1.82, 2.24) is 9.97 Å². The molecule has 1 atom stereocenters. The van der Waals surface area contributed by atoms with Gasteiger partial charge in [0.1, 0.15) is 11.6 Å². The Morgan fingerprint density at radius 3 is 2.54 bits per heavy atom. The van der Waals surface area contributed by atoms with Gasteiger partial charge in [-0.25, -0.2) is 4.98 Å².